The number of carbonyl (C=O) groups is 2. The van der Waals surface area contributed by atoms with E-state index in [-0.39, 0.29) is 5.92 Å². The van der Waals surface area contributed by atoms with Gasteiger partial charge >= 0.3 is 11.9 Å². The number of nitrogens with zero attached hydrogens (tertiary/aromatic N) is 2. The molecule has 6 heteroatoms. The number of hydrogen-bond donors (Lipinski definition) is 2. The summed E-state index contributed by atoms with van der Waals surface area (Å²) in [5.41, 5.74) is 0.522. The van der Waals surface area contributed by atoms with Gasteiger partial charge in [0.15, 0.2) is 0 Å². The van der Waals surface area contributed by atoms with Gasteiger partial charge in [0, 0.05) is 25.2 Å². The molecular weight excluding hydrogens is 260 g/mol. The van der Waals surface area contributed by atoms with Gasteiger partial charge in [-0.2, -0.15) is 0 Å². The van der Waals surface area contributed by atoms with Crippen molar-refractivity contribution in [2.75, 3.05) is 40.3 Å². The third kappa shape index (κ3) is 5.71. The third-order valence-electron chi connectivity index (χ3n) is 3.59. The number of piperidine rings is 1. The minimum Gasteiger partial charge on any atom is -0.481 e. The molecule has 0 radical (unpaired) electrons. The van der Waals surface area contributed by atoms with Gasteiger partial charge in [0.2, 0.25) is 0 Å². The molecule has 0 aromatic rings. The molecule has 0 aromatic heterocycles. The first-order chi connectivity index (χ1) is 9.40. The Morgan fingerprint density at radius 2 is 1.90 bits per heavy atom. The maximum atomic E-state index is 10.5. The number of likely N-dealkylation sites (tertiary alicyclic amines) is 1. The summed E-state index contributed by atoms with van der Waals surface area (Å²) in [6, 6.07) is 0. The van der Waals surface area contributed by atoms with Crippen LogP contribution in [0.15, 0.2) is 11.6 Å². The molecule has 0 spiro atoms. The molecule has 0 bridgehead atoms. The summed E-state index contributed by atoms with van der Waals surface area (Å²) in [4.78, 5) is 25.0. The molecule has 6 nitrogen and oxygen atoms in total. The van der Waals surface area contributed by atoms with Gasteiger partial charge < -0.3 is 20.0 Å². The van der Waals surface area contributed by atoms with Crippen molar-refractivity contribution in [1.29, 1.82) is 0 Å². The van der Waals surface area contributed by atoms with Gasteiger partial charge in [0.25, 0.3) is 0 Å². The SMILES string of the molecule is CN1CCC=C(C(=O)O)C1.CN1CCCC(C(=O)O)C1. The number of aliphatic carboxylic acids is 2. The smallest absolute Gasteiger partial charge is 0.332 e. The molecule has 1 atom stereocenters. The van der Waals surface area contributed by atoms with Crippen LogP contribution in [0.5, 0.6) is 0 Å². The molecule has 0 aromatic carbocycles. The standard InChI is InChI=1S/C7H13NO2.C7H11NO2/c2*1-8-4-2-3-6(5-8)7(9)10/h6H,2-5H2,1H3,(H,9,10);3H,2,4-5H2,1H3,(H,9,10). The van der Waals surface area contributed by atoms with Crippen LogP contribution < -0.4 is 0 Å². The lowest BCUT2D eigenvalue weighted by Gasteiger charge is -2.26. The zero-order chi connectivity index (χ0) is 15.1. The Kier molecular flexibility index (Phi) is 6.67. The molecule has 0 amide bonds. The van der Waals surface area contributed by atoms with E-state index >= 15 is 0 Å². The van der Waals surface area contributed by atoms with E-state index in [4.69, 9.17) is 10.2 Å². The lowest BCUT2D eigenvalue weighted by Crippen LogP contribution is -2.35. The Balaban J connectivity index is 0.000000200. The molecule has 2 N–H and O–H groups in total. The van der Waals surface area contributed by atoms with E-state index in [0.717, 1.165) is 38.9 Å². The normalized spacial score (nSPS) is 24.3. The Morgan fingerprint density at radius 1 is 1.20 bits per heavy atom. The fourth-order valence-electron chi connectivity index (χ4n) is 2.42. The van der Waals surface area contributed by atoms with E-state index in [9.17, 15) is 9.59 Å². The van der Waals surface area contributed by atoms with Crippen molar-refractivity contribution >= 4 is 11.9 Å². The fourth-order valence-corrected chi connectivity index (χ4v) is 2.42. The van der Waals surface area contributed by atoms with Crippen LogP contribution in [0.25, 0.3) is 0 Å². The number of hydrogen-bond acceptors (Lipinski definition) is 4. The zero-order valence-electron chi connectivity index (χ0n) is 12.2. The molecule has 1 unspecified atom stereocenters. The average molecular weight is 284 g/mol. The van der Waals surface area contributed by atoms with E-state index in [1.807, 2.05) is 19.0 Å². The molecule has 2 rings (SSSR count). The van der Waals surface area contributed by atoms with Gasteiger partial charge in [-0.1, -0.05) is 6.08 Å². The quantitative estimate of drug-likeness (QED) is 0.778. The maximum Gasteiger partial charge on any atom is 0.332 e. The first kappa shape index (κ1) is 16.7. The number of carboxylic acids is 2. The van der Waals surface area contributed by atoms with Crippen LogP contribution >= 0.6 is 0 Å². The van der Waals surface area contributed by atoms with Crippen molar-refractivity contribution < 1.29 is 19.8 Å². The van der Waals surface area contributed by atoms with E-state index in [1.54, 1.807) is 6.08 Å². The van der Waals surface area contributed by atoms with Crippen molar-refractivity contribution in [3.8, 4) is 0 Å². The van der Waals surface area contributed by atoms with Gasteiger partial charge in [-0.25, -0.2) is 4.79 Å². The first-order valence-corrected chi connectivity index (χ1v) is 6.92. The Labute approximate surface area is 119 Å². The number of likely N-dealkylation sites (N-methyl/N-ethyl adjacent to an activating group) is 1. The highest BCUT2D eigenvalue weighted by atomic mass is 16.4. The van der Waals surface area contributed by atoms with Gasteiger partial charge in [0.1, 0.15) is 0 Å². The second-order valence-electron chi connectivity index (χ2n) is 5.50. The van der Waals surface area contributed by atoms with Gasteiger partial charge in [-0.3, -0.25) is 4.79 Å². The molecule has 2 aliphatic heterocycles. The third-order valence-corrected chi connectivity index (χ3v) is 3.59. The number of rotatable bonds is 2. The zero-order valence-corrected chi connectivity index (χ0v) is 12.2. The van der Waals surface area contributed by atoms with Crippen molar-refractivity contribution in [1.82, 2.24) is 9.80 Å². The largest absolute Gasteiger partial charge is 0.481 e. The highest BCUT2D eigenvalue weighted by molar-refractivity contribution is 5.87. The Hall–Kier alpha value is -1.40. The molecule has 1 saturated heterocycles. The second-order valence-corrected chi connectivity index (χ2v) is 5.50. The van der Waals surface area contributed by atoms with Gasteiger partial charge in [-0.15, -0.1) is 0 Å². The Bertz CT molecular complexity index is 381. The summed E-state index contributed by atoms with van der Waals surface area (Å²) in [6.45, 7) is 3.31. The molecular formula is C14H24N2O4. The van der Waals surface area contributed by atoms with Crippen LogP contribution in [-0.4, -0.2) is 72.2 Å². The monoisotopic (exact) mass is 284 g/mol. The fraction of sp³-hybridized carbons (Fsp3) is 0.714. The first-order valence-electron chi connectivity index (χ1n) is 6.92. The molecule has 2 aliphatic rings. The Morgan fingerprint density at radius 3 is 2.30 bits per heavy atom. The highest BCUT2D eigenvalue weighted by Gasteiger charge is 2.22. The lowest BCUT2D eigenvalue weighted by molar-refractivity contribution is -0.143. The summed E-state index contributed by atoms with van der Waals surface area (Å²) in [5.74, 6) is -1.56. The predicted molar refractivity (Wildman–Crippen MR) is 75.7 cm³/mol. The van der Waals surface area contributed by atoms with E-state index in [1.165, 1.54) is 0 Å². The van der Waals surface area contributed by atoms with Crippen molar-refractivity contribution in [3.05, 3.63) is 11.6 Å². The van der Waals surface area contributed by atoms with Crippen LogP contribution in [0.1, 0.15) is 19.3 Å². The highest BCUT2D eigenvalue weighted by Crippen LogP contribution is 2.14. The lowest BCUT2D eigenvalue weighted by atomic mass is 9.99. The minimum absolute atomic E-state index is 0.126. The van der Waals surface area contributed by atoms with Crippen LogP contribution in [0.3, 0.4) is 0 Å². The molecule has 0 saturated carbocycles. The minimum atomic E-state index is -0.786. The summed E-state index contributed by atoms with van der Waals surface area (Å²) in [7, 11) is 3.89. The molecule has 20 heavy (non-hydrogen) atoms. The van der Waals surface area contributed by atoms with E-state index in [2.05, 4.69) is 4.90 Å². The molecule has 0 aliphatic carbocycles. The topological polar surface area (TPSA) is 81.1 Å². The van der Waals surface area contributed by atoms with Gasteiger partial charge in [0.05, 0.1) is 5.92 Å². The summed E-state index contributed by atoms with van der Waals surface area (Å²) in [5, 5.41) is 17.2. The van der Waals surface area contributed by atoms with Crippen LogP contribution in [0.2, 0.25) is 0 Å². The van der Waals surface area contributed by atoms with Crippen molar-refractivity contribution in [2.24, 2.45) is 5.92 Å². The molecule has 1 fully saturated rings. The number of carboxylic acid groups (broad SMARTS) is 2. The van der Waals surface area contributed by atoms with Gasteiger partial charge in [-0.05, 0) is 39.9 Å². The summed E-state index contributed by atoms with van der Waals surface area (Å²) >= 11 is 0. The van der Waals surface area contributed by atoms with Crippen molar-refractivity contribution in [2.45, 2.75) is 19.3 Å². The van der Waals surface area contributed by atoms with E-state index < -0.39 is 11.9 Å². The summed E-state index contributed by atoms with van der Waals surface area (Å²) < 4.78 is 0. The van der Waals surface area contributed by atoms with Crippen molar-refractivity contribution in [3.63, 3.8) is 0 Å². The summed E-state index contributed by atoms with van der Waals surface area (Å²) in [6.07, 6.45) is 4.52. The molecule has 114 valence electrons. The van der Waals surface area contributed by atoms with Crippen LogP contribution in [0.4, 0.5) is 0 Å². The maximum absolute atomic E-state index is 10.5. The van der Waals surface area contributed by atoms with Crippen LogP contribution in [0, 0.1) is 5.92 Å². The predicted octanol–water partition coefficient (Wildman–Crippen LogP) is 0.746. The second kappa shape index (κ2) is 8.01. The average Bonchev–Trinajstić information content (AvgIpc) is 2.39. The molecule has 2 heterocycles. The van der Waals surface area contributed by atoms with Crippen LogP contribution in [-0.2, 0) is 9.59 Å². The van der Waals surface area contributed by atoms with E-state index in [0.29, 0.717) is 12.1 Å².